The summed E-state index contributed by atoms with van der Waals surface area (Å²) in [7, 11) is 2.06. The van der Waals surface area contributed by atoms with Crippen LogP contribution in [0.2, 0.25) is 0 Å². The van der Waals surface area contributed by atoms with Crippen molar-refractivity contribution in [1.29, 1.82) is 0 Å². The third-order valence-electron chi connectivity index (χ3n) is 4.09. The van der Waals surface area contributed by atoms with E-state index in [2.05, 4.69) is 63.9 Å². The topological polar surface area (TPSA) is 24.3 Å². The van der Waals surface area contributed by atoms with Crippen molar-refractivity contribution in [3.63, 3.8) is 0 Å². The highest BCUT2D eigenvalue weighted by Crippen LogP contribution is 2.26. The number of para-hydroxylation sites is 1. The molecule has 2 aromatic rings. The second-order valence-electron chi connectivity index (χ2n) is 5.50. The fraction of sp³-hybridized carbons (Fsp3) is 0.438. The van der Waals surface area contributed by atoms with Gasteiger partial charge in [0.05, 0.1) is 12.2 Å². The quantitative estimate of drug-likeness (QED) is 0.857. The molecule has 1 fully saturated rings. The summed E-state index contributed by atoms with van der Waals surface area (Å²) in [6.07, 6.45) is 6.37. The molecule has 0 aliphatic carbocycles. The summed E-state index contributed by atoms with van der Waals surface area (Å²) in [4.78, 5) is 4.47. The van der Waals surface area contributed by atoms with Gasteiger partial charge in [0.2, 0.25) is 0 Å². The molecule has 1 atom stereocenters. The summed E-state index contributed by atoms with van der Waals surface area (Å²) in [6, 6.07) is 11.2. The molecule has 4 nitrogen and oxygen atoms in total. The average molecular weight is 270 g/mol. The minimum absolute atomic E-state index is 0.542. The molecule has 1 aromatic carbocycles. The maximum Gasteiger partial charge on any atom is 0.124 e. The van der Waals surface area contributed by atoms with Gasteiger partial charge in [-0.1, -0.05) is 18.2 Å². The van der Waals surface area contributed by atoms with Gasteiger partial charge in [-0.2, -0.15) is 0 Å². The van der Waals surface area contributed by atoms with E-state index in [4.69, 9.17) is 0 Å². The molecule has 0 radical (unpaired) electrons. The van der Waals surface area contributed by atoms with Crippen LogP contribution in [-0.2, 0) is 13.6 Å². The number of hydrazine groups is 1. The first kappa shape index (κ1) is 13.2. The zero-order valence-electron chi connectivity index (χ0n) is 12.2. The zero-order valence-corrected chi connectivity index (χ0v) is 12.2. The van der Waals surface area contributed by atoms with Gasteiger partial charge in [0, 0.05) is 32.0 Å². The lowest BCUT2D eigenvalue weighted by atomic mass is 10.1. The lowest BCUT2D eigenvalue weighted by Crippen LogP contribution is -2.51. The number of aryl methyl sites for hydroxylation is 1. The van der Waals surface area contributed by atoms with Crippen molar-refractivity contribution in [1.82, 2.24) is 14.6 Å². The number of nitrogens with zero attached hydrogens (tertiary/aromatic N) is 4. The van der Waals surface area contributed by atoms with Gasteiger partial charge in [-0.3, -0.25) is 0 Å². The van der Waals surface area contributed by atoms with E-state index >= 15 is 0 Å². The van der Waals surface area contributed by atoms with Crippen LogP contribution >= 0.6 is 0 Å². The molecule has 1 unspecified atom stereocenters. The van der Waals surface area contributed by atoms with Crippen molar-refractivity contribution in [3.05, 3.63) is 48.5 Å². The molecule has 2 heterocycles. The molecule has 0 bridgehead atoms. The summed E-state index contributed by atoms with van der Waals surface area (Å²) < 4.78 is 2.10. The highest BCUT2D eigenvalue weighted by molar-refractivity contribution is 5.45. The van der Waals surface area contributed by atoms with E-state index in [1.54, 1.807) is 0 Å². The Morgan fingerprint density at radius 3 is 2.75 bits per heavy atom. The van der Waals surface area contributed by atoms with E-state index in [0.29, 0.717) is 6.04 Å². The number of benzene rings is 1. The van der Waals surface area contributed by atoms with E-state index in [1.165, 1.54) is 18.5 Å². The van der Waals surface area contributed by atoms with Crippen molar-refractivity contribution in [3.8, 4) is 0 Å². The normalized spacial score (nSPS) is 20.3. The second-order valence-corrected chi connectivity index (χ2v) is 5.50. The summed E-state index contributed by atoms with van der Waals surface area (Å²) in [5.41, 5.74) is 1.27. The van der Waals surface area contributed by atoms with Gasteiger partial charge in [-0.05, 0) is 31.9 Å². The Morgan fingerprint density at radius 2 is 2.05 bits per heavy atom. The maximum atomic E-state index is 4.47. The summed E-state index contributed by atoms with van der Waals surface area (Å²) in [5, 5.41) is 4.85. The van der Waals surface area contributed by atoms with Gasteiger partial charge in [0.25, 0.3) is 0 Å². The van der Waals surface area contributed by atoms with Gasteiger partial charge in [0.15, 0.2) is 0 Å². The summed E-state index contributed by atoms with van der Waals surface area (Å²) in [6.45, 7) is 4.25. The number of rotatable bonds is 3. The van der Waals surface area contributed by atoms with Gasteiger partial charge in [-0.15, -0.1) is 0 Å². The van der Waals surface area contributed by atoms with E-state index in [0.717, 1.165) is 18.9 Å². The maximum absolute atomic E-state index is 4.47. The van der Waals surface area contributed by atoms with Gasteiger partial charge in [0.1, 0.15) is 5.82 Å². The molecular weight excluding hydrogens is 248 g/mol. The molecule has 1 aromatic heterocycles. The predicted octanol–water partition coefficient (Wildman–Crippen LogP) is 2.83. The standard InChI is InChI=1S/C16H22N4/c1-14-7-6-11-19(15-8-4-3-5-9-15)20(14)13-16-17-10-12-18(16)2/h3-5,8-10,12,14H,6-7,11,13H2,1-2H3. The van der Waals surface area contributed by atoms with Crippen LogP contribution in [0.25, 0.3) is 0 Å². The van der Waals surface area contributed by atoms with E-state index in [9.17, 15) is 0 Å². The molecule has 0 saturated carbocycles. The first-order chi connectivity index (χ1) is 9.75. The predicted molar refractivity (Wildman–Crippen MR) is 81.2 cm³/mol. The van der Waals surface area contributed by atoms with Crippen molar-refractivity contribution in [2.75, 3.05) is 11.6 Å². The van der Waals surface area contributed by atoms with Crippen LogP contribution in [0.1, 0.15) is 25.6 Å². The smallest absolute Gasteiger partial charge is 0.124 e. The average Bonchev–Trinajstić information content (AvgIpc) is 2.87. The molecule has 3 rings (SSSR count). The molecule has 1 aliphatic rings. The molecule has 0 amide bonds. The third kappa shape index (κ3) is 2.56. The minimum atomic E-state index is 0.542. The molecule has 20 heavy (non-hydrogen) atoms. The minimum Gasteiger partial charge on any atom is -0.337 e. The lowest BCUT2D eigenvalue weighted by Gasteiger charge is -2.44. The molecule has 0 N–H and O–H groups in total. The first-order valence-electron chi connectivity index (χ1n) is 7.31. The van der Waals surface area contributed by atoms with Crippen LogP contribution in [0.15, 0.2) is 42.7 Å². The van der Waals surface area contributed by atoms with Crippen LogP contribution in [0.4, 0.5) is 5.69 Å². The highest BCUT2D eigenvalue weighted by Gasteiger charge is 2.27. The Morgan fingerprint density at radius 1 is 1.25 bits per heavy atom. The fourth-order valence-corrected chi connectivity index (χ4v) is 2.86. The van der Waals surface area contributed by atoms with Crippen LogP contribution in [0.5, 0.6) is 0 Å². The third-order valence-corrected chi connectivity index (χ3v) is 4.09. The Hall–Kier alpha value is -1.81. The summed E-state index contributed by atoms with van der Waals surface area (Å²) in [5.74, 6) is 1.11. The number of anilines is 1. The van der Waals surface area contributed by atoms with E-state index < -0.39 is 0 Å². The Balaban J connectivity index is 1.85. The van der Waals surface area contributed by atoms with Gasteiger partial charge in [-0.25, -0.2) is 9.99 Å². The van der Waals surface area contributed by atoms with Crippen LogP contribution in [0.3, 0.4) is 0 Å². The molecule has 1 aliphatic heterocycles. The van der Waals surface area contributed by atoms with Crippen molar-refractivity contribution >= 4 is 5.69 Å². The fourth-order valence-electron chi connectivity index (χ4n) is 2.86. The number of imidazole rings is 1. The first-order valence-corrected chi connectivity index (χ1v) is 7.31. The van der Waals surface area contributed by atoms with Crippen LogP contribution in [-0.4, -0.2) is 27.1 Å². The van der Waals surface area contributed by atoms with Crippen LogP contribution < -0.4 is 5.01 Å². The molecule has 1 saturated heterocycles. The zero-order chi connectivity index (χ0) is 13.9. The molecule has 106 valence electrons. The van der Waals surface area contributed by atoms with Crippen molar-refractivity contribution in [2.24, 2.45) is 7.05 Å². The van der Waals surface area contributed by atoms with Crippen LogP contribution in [0, 0.1) is 0 Å². The van der Waals surface area contributed by atoms with E-state index in [1.807, 2.05) is 12.4 Å². The van der Waals surface area contributed by atoms with Gasteiger partial charge >= 0.3 is 0 Å². The lowest BCUT2D eigenvalue weighted by molar-refractivity contribution is 0.134. The number of hydrogen-bond donors (Lipinski definition) is 0. The summed E-state index contributed by atoms with van der Waals surface area (Å²) >= 11 is 0. The number of aromatic nitrogens is 2. The Bertz CT molecular complexity index is 549. The van der Waals surface area contributed by atoms with Crippen molar-refractivity contribution in [2.45, 2.75) is 32.4 Å². The van der Waals surface area contributed by atoms with Gasteiger partial charge < -0.3 is 9.58 Å². The SMILES string of the molecule is CC1CCCN(c2ccccc2)N1Cc1nccn1C. The largest absolute Gasteiger partial charge is 0.337 e. The molecule has 4 heteroatoms. The van der Waals surface area contributed by atoms with E-state index in [-0.39, 0.29) is 0 Å². The Kier molecular flexibility index (Phi) is 3.74. The van der Waals surface area contributed by atoms with Crippen molar-refractivity contribution < 1.29 is 0 Å². The second kappa shape index (κ2) is 5.67. The monoisotopic (exact) mass is 270 g/mol. The Labute approximate surface area is 120 Å². The molecular formula is C16H22N4. The number of hydrogen-bond acceptors (Lipinski definition) is 3. The molecule has 0 spiro atoms. The highest BCUT2D eigenvalue weighted by atomic mass is 15.6.